The minimum Gasteiger partial charge on any atom is -0.497 e. The van der Waals surface area contributed by atoms with E-state index >= 15 is 0 Å². The normalized spacial score (nSPS) is 25.8. The monoisotopic (exact) mass is 496 g/mol. The first-order chi connectivity index (χ1) is 16.4. The standard InChI is InChI=1S/C25H22Cl2N4O3/c1-34-19-12-6-16(7-13-19)25-20(21(28-23(32)30-25)14-2-8-17(26)9-3-14)22(29-24(33)31-25)15-4-10-18(27)11-5-15/h2-13,20-22H,1H3,(H2,28,30,32)(H2,29,31,33). The minimum absolute atomic E-state index is 0.376. The first kappa shape index (κ1) is 22.4. The molecule has 2 atom stereocenters. The van der Waals surface area contributed by atoms with Crippen LogP contribution in [0.4, 0.5) is 9.59 Å². The molecule has 2 fully saturated rings. The fourth-order valence-electron chi connectivity index (χ4n) is 4.89. The van der Waals surface area contributed by atoms with E-state index in [1.54, 1.807) is 43.5 Å². The molecule has 0 radical (unpaired) electrons. The summed E-state index contributed by atoms with van der Waals surface area (Å²) in [4.78, 5) is 26.0. The number of urea groups is 2. The Labute approximate surface area is 206 Å². The zero-order valence-electron chi connectivity index (χ0n) is 18.1. The Bertz CT molecular complexity index is 1150. The summed E-state index contributed by atoms with van der Waals surface area (Å²) in [5, 5.41) is 13.3. The van der Waals surface area contributed by atoms with Crippen LogP contribution in [0.25, 0.3) is 0 Å². The van der Waals surface area contributed by atoms with Crippen LogP contribution in [0.5, 0.6) is 5.75 Å². The van der Waals surface area contributed by atoms with Crippen LogP contribution in [0.3, 0.4) is 0 Å². The molecule has 0 aromatic heterocycles. The Kier molecular flexibility index (Phi) is 5.75. The maximum Gasteiger partial charge on any atom is 0.317 e. The van der Waals surface area contributed by atoms with E-state index in [4.69, 9.17) is 27.9 Å². The van der Waals surface area contributed by atoms with Crippen molar-refractivity contribution in [1.29, 1.82) is 0 Å². The summed E-state index contributed by atoms with van der Waals surface area (Å²) in [6.45, 7) is 0. The average molecular weight is 497 g/mol. The fourth-order valence-corrected chi connectivity index (χ4v) is 5.15. The minimum atomic E-state index is -1.20. The van der Waals surface area contributed by atoms with E-state index in [1.165, 1.54) is 0 Å². The van der Waals surface area contributed by atoms with Gasteiger partial charge in [0.1, 0.15) is 11.4 Å². The molecule has 3 aromatic rings. The number of methoxy groups -OCH3 is 1. The number of benzene rings is 3. The second kappa shape index (κ2) is 8.74. The molecule has 2 aliphatic heterocycles. The van der Waals surface area contributed by atoms with Crippen LogP contribution in [0, 0.1) is 5.92 Å². The van der Waals surface area contributed by atoms with Crippen LogP contribution >= 0.6 is 23.2 Å². The highest BCUT2D eigenvalue weighted by atomic mass is 35.5. The molecule has 3 aromatic carbocycles. The third kappa shape index (κ3) is 3.91. The van der Waals surface area contributed by atoms with Gasteiger partial charge >= 0.3 is 12.1 Å². The van der Waals surface area contributed by atoms with Crippen molar-refractivity contribution >= 4 is 35.3 Å². The van der Waals surface area contributed by atoms with Crippen LogP contribution in [-0.2, 0) is 5.66 Å². The van der Waals surface area contributed by atoms with E-state index in [1.807, 2.05) is 36.4 Å². The van der Waals surface area contributed by atoms with Gasteiger partial charge in [0.05, 0.1) is 25.1 Å². The number of amides is 4. The predicted octanol–water partition coefficient (Wildman–Crippen LogP) is 4.88. The summed E-state index contributed by atoms with van der Waals surface area (Å²) in [7, 11) is 1.59. The summed E-state index contributed by atoms with van der Waals surface area (Å²) < 4.78 is 5.31. The number of nitrogens with one attached hydrogen (secondary N) is 4. The highest BCUT2D eigenvalue weighted by Gasteiger charge is 2.57. The molecule has 174 valence electrons. The summed E-state index contributed by atoms with van der Waals surface area (Å²) >= 11 is 12.3. The number of carbonyl (C=O) groups is 2. The number of hydrogen-bond donors (Lipinski definition) is 4. The number of hydrogen-bond acceptors (Lipinski definition) is 3. The Morgan fingerprint density at radius 1 is 0.706 bits per heavy atom. The molecular formula is C25H22Cl2N4O3. The molecule has 2 heterocycles. The maximum absolute atomic E-state index is 13.0. The van der Waals surface area contributed by atoms with Gasteiger partial charge < -0.3 is 26.0 Å². The lowest BCUT2D eigenvalue weighted by atomic mass is 9.70. The summed E-state index contributed by atoms with van der Waals surface area (Å²) in [5.74, 6) is 0.291. The van der Waals surface area contributed by atoms with Gasteiger partial charge in [-0.25, -0.2) is 9.59 Å². The van der Waals surface area contributed by atoms with Crippen LogP contribution in [0.15, 0.2) is 72.8 Å². The van der Waals surface area contributed by atoms with E-state index < -0.39 is 29.8 Å². The maximum atomic E-state index is 13.0. The number of halogens is 2. The molecule has 4 N–H and O–H groups in total. The zero-order chi connectivity index (χ0) is 23.9. The number of ether oxygens (including phenoxy) is 1. The van der Waals surface area contributed by atoms with Gasteiger partial charge in [0, 0.05) is 10.0 Å². The first-order valence-electron chi connectivity index (χ1n) is 10.7. The van der Waals surface area contributed by atoms with Crippen LogP contribution in [0.2, 0.25) is 10.0 Å². The van der Waals surface area contributed by atoms with Gasteiger partial charge in [-0.05, 0) is 53.1 Å². The number of rotatable bonds is 4. The number of carbonyl (C=O) groups excluding carboxylic acids is 2. The highest BCUT2D eigenvalue weighted by Crippen LogP contribution is 2.48. The molecule has 0 spiro atoms. The van der Waals surface area contributed by atoms with Crippen molar-refractivity contribution in [3.8, 4) is 5.75 Å². The molecule has 5 rings (SSSR count). The number of fused-ring (bicyclic) bond motifs is 1. The van der Waals surface area contributed by atoms with Crippen molar-refractivity contribution in [3.63, 3.8) is 0 Å². The van der Waals surface area contributed by atoms with Crippen molar-refractivity contribution in [2.24, 2.45) is 5.92 Å². The first-order valence-corrected chi connectivity index (χ1v) is 11.5. The predicted molar refractivity (Wildman–Crippen MR) is 130 cm³/mol. The van der Waals surface area contributed by atoms with Crippen molar-refractivity contribution in [2.75, 3.05) is 7.11 Å². The second-order valence-corrected chi connectivity index (χ2v) is 9.19. The lowest BCUT2D eigenvalue weighted by Gasteiger charge is -2.55. The van der Waals surface area contributed by atoms with Crippen LogP contribution in [-0.4, -0.2) is 19.2 Å². The quantitative estimate of drug-likeness (QED) is 0.414. The Hall–Kier alpha value is -3.42. The van der Waals surface area contributed by atoms with E-state index in [2.05, 4.69) is 21.3 Å². The molecular weight excluding hydrogens is 475 g/mol. The topological polar surface area (TPSA) is 91.5 Å². The molecule has 7 nitrogen and oxygen atoms in total. The molecule has 0 bridgehead atoms. The molecule has 0 aliphatic carbocycles. The van der Waals surface area contributed by atoms with Gasteiger partial charge in [-0.15, -0.1) is 0 Å². The molecule has 4 amide bonds. The molecule has 0 saturated carbocycles. The van der Waals surface area contributed by atoms with Gasteiger partial charge in [-0.2, -0.15) is 0 Å². The van der Waals surface area contributed by atoms with Crippen LogP contribution < -0.4 is 26.0 Å². The molecule has 34 heavy (non-hydrogen) atoms. The van der Waals surface area contributed by atoms with E-state index in [0.717, 1.165) is 16.7 Å². The fraction of sp³-hybridized carbons (Fsp3) is 0.200. The highest BCUT2D eigenvalue weighted by molar-refractivity contribution is 6.30. The lowest BCUT2D eigenvalue weighted by Crippen LogP contribution is -2.75. The third-order valence-electron chi connectivity index (χ3n) is 6.42. The third-order valence-corrected chi connectivity index (χ3v) is 6.92. The molecule has 2 aliphatic rings. The molecule has 2 unspecified atom stereocenters. The van der Waals surface area contributed by atoms with Crippen molar-refractivity contribution in [3.05, 3.63) is 99.5 Å². The van der Waals surface area contributed by atoms with Crippen molar-refractivity contribution in [2.45, 2.75) is 17.7 Å². The smallest absolute Gasteiger partial charge is 0.317 e. The van der Waals surface area contributed by atoms with Gasteiger partial charge in [0.2, 0.25) is 0 Å². The van der Waals surface area contributed by atoms with E-state index in [9.17, 15) is 9.59 Å². The summed E-state index contributed by atoms with van der Waals surface area (Å²) in [6.07, 6.45) is 0. The Morgan fingerprint density at radius 3 is 1.56 bits per heavy atom. The largest absolute Gasteiger partial charge is 0.497 e. The summed E-state index contributed by atoms with van der Waals surface area (Å²) in [5.41, 5.74) is 1.24. The van der Waals surface area contributed by atoms with E-state index in [-0.39, 0.29) is 5.92 Å². The molecule has 2 saturated heterocycles. The Balaban J connectivity index is 1.71. The van der Waals surface area contributed by atoms with E-state index in [0.29, 0.717) is 15.8 Å². The van der Waals surface area contributed by atoms with Crippen LogP contribution in [0.1, 0.15) is 28.8 Å². The van der Waals surface area contributed by atoms with Crippen molar-refractivity contribution < 1.29 is 14.3 Å². The van der Waals surface area contributed by atoms with Gasteiger partial charge in [-0.3, -0.25) is 0 Å². The SMILES string of the molecule is COc1ccc(C23NC(=O)NC(c4ccc(Cl)cc4)C2C(c2ccc(Cl)cc2)NC(=O)N3)cc1. The average Bonchev–Trinajstić information content (AvgIpc) is 2.84. The van der Waals surface area contributed by atoms with Gasteiger partial charge in [0.25, 0.3) is 0 Å². The van der Waals surface area contributed by atoms with Gasteiger partial charge in [0.15, 0.2) is 0 Å². The summed E-state index contributed by atoms with van der Waals surface area (Å²) in [6, 6.07) is 20.3. The zero-order valence-corrected chi connectivity index (χ0v) is 19.7. The molecule has 9 heteroatoms. The van der Waals surface area contributed by atoms with Crippen molar-refractivity contribution in [1.82, 2.24) is 21.3 Å². The Morgan fingerprint density at radius 2 is 1.15 bits per heavy atom. The van der Waals surface area contributed by atoms with Gasteiger partial charge in [-0.1, -0.05) is 59.6 Å². The lowest BCUT2D eigenvalue weighted by molar-refractivity contribution is 0.0557. The second-order valence-electron chi connectivity index (χ2n) is 8.32.